The molecule has 1 saturated heterocycles. The van der Waals surface area contributed by atoms with Crippen LogP contribution in [0.1, 0.15) is 55.7 Å². The Morgan fingerprint density at radius 3 is 2.65 bits per heavy atom. The lowest BCUT2D eigenvalue weighted by atomic mass is 9.83. The van der Waals surface area contributed by atoms with Crippen molar-refractivity contribution >= 4 is 34.2 Å². The van der Waals surface area contributed by atoms with Crippen LogP contribution >= 0.6 is 11.6 Å². The number of rotatable bonds is 8. The summed E-state index contributed by atoms with van der Waals surface area (Å²) in [6.45, 7) is 3.14. The minimum atomic E-state index is -2.60. The third-order valence-corrected chi connectivity index (χ3v) is 9.68. The van der Waals surface area contributed by atoms with Gasteiger partial charge < -0.3 is 4.74 Å². The lowest BCUT2D eigenvalue weighted by molar-refractivity contribution is -0.131. The van der Waals surface area contributed by atoms with E-state index >= 15 is 0 Å². The number of carbonyl (C=O) groups excluding carboxylic acids is 1. The molecule has 1 aliphatic carbocycles. The SMILES string of the molecule is C[C@@H]1CN(C2CC(F)(F)C2)CCC1n1ncc2c(-c3ccc4c(c3)OCC(=O)N4Cc3ncc(Cl)cn3)c(C#N)c(CCC(F)F)nc21. The standard InChI is InChI=1S/C33H31ClF4N8O2/c1-18-15-44(21-9-33(37,38)10-21)7-6-25(18)46-32-23(14-42-46)31(22(11-39)24(43-32)3-5-28(35)36)19-2-4-26-27(8-19)48-17-30(47)45(26)16-29-40-12-20(34)13-41-29/h2,4,8,12-14,18,21,25,28H,3,5-7,9-10,15-17H2,1H3/t18-,25?/m1/s1. The summed E-state index contributed by atoms with van der Waals surface area (Å²) in [6, 6.07) is 7.12. The molecule has 3 aromatic heterocycles. The fourth-order valence-electron chi connectivity index (χ4n) is 7.04. The molecule has 1 saturated carbocycles. The van der Waals surface area contributed by atoms with Crippen LogP contribution in [-0.4, -0.2) is 73.6 Å². The maximum Gasteiger partial charge on any atom is 0.265 e. The second kappa shape index (κ2) is 12.6. The van der Waals surface area contributed by atoms with Gasteiger partial charge in [-0.15, -0.1) is 0 Å². The van der Waals surface area contributed by atoms with E-state index < -0.39 is 18.8 Å². The van der Waals surface area contributed by atoms with E-state index in [0.29, 0.717) is 64.0 Å². The predicted molar refractivity (Wildman–Crippen MR) is 168 cm³/mol. The molecule has 4 aromatic rings. The van der Waals surface area contributed by atoms with E-state index in [1.807, 2.05) is 6.92 Å². The minimum absolute atomic E-state index is 0.0479. The van der Waals surface area contributed by atoms with E-state index in [2.05, 4.69) is 20.9 Å². The molecule has 0 N–H and O–H groups in total. The number of ether oxygens (including phenoxy) is 1. The van der Waals surface area contributed by atoms with Crippen molar-refractivity contribution in [1.29, 1.82) is 5.26 Å². The topological polar surface area (TPSA) is 113 Å². The van der Waals surface area contributed by atoms with Gasteiger partial charge >= 0.3 is 0 Å². The summed E-state index contributed by atoms with van der Waals surface area (Å²) in [6.07, 6.45) is 1.74. The third kappa shape index (κ3) is 6.05. The summed E-state index contributed by atoms with van der Waals surface area (Å²) in [5, 5.41) is 16.0. The number of pyridine rings is 1. The third-order valence-electron chi connectivity index (χ3n) is 9.48. The van der Waals surface area contributed by atoms with Gasteiger partial charge in [-0.05, 0) is 36.5 Å². The molecule has 5 heterocycles. The van der Waals surface area contributed by atoms with Gasteiger partial charge in [-0.3, -0.25) is 14.6 Å². The molecule has 1 unspecified atom stereocenters. The summed E-state index contributed by atoms with van der Waals surface area (Å²) in [5.41, 5.74) is 2.39. The highest BCUT2D eigenvalue weighted by Gasteiger charge is 2.49. The van der Waals surface area contributed by atoms with Gasteiger partial charge in [-0.1, -0.05) is 24.6 Å². The molecule has 0 radical (unpaired) electrons. The molecule has 0 spiro atoms. The maximum absolute atomic E-state index is 13.6. The van der Waals surface area contributed by atoms with Crippen molar-refractivity contribution < 1.29 is 27.1 Å². The highest BCUT2D eigenvalue weighted by atomic mass is 35.5. The zero-order chi connectivity index (χ0) is 33.7. The van der Waals surface area contributed by atoms with Crippen molar-refractivity contribution in [1.82, 2.24) is 29.6 Å². The van der Waals surface area contributed by atoms with Gasteiger partial charge in [0.2, 0.25) is 6.43 Å². The Hall–Kier alpha value is -4.35. The van der Waals surface area contributed by atoms with Crippen molar-refractivity contribution in [2.24, 2.45) is 5.92 Å². The highest BCUT2D eigenvalue weighted by molar-refractivity contribution is 6.30. The molecule has 2 atom stereocenters. The second-order valence-electron chi connectivity index (χ2n) is 12.7. The van der Waals surface area contributed by atoms with Crippen LogP contribution in [0.15, 0.2) is 36.8 Å². The van der Waals surface area contributed by atoms with Gasteiger partial charge in [0.25, 0.3) is 11.8 Å². The number of fused-ring (bicyclic) bond motifs is 2. The van der Waals surface area contributed by atoms with E-state index in [4.69, 9.17) is 26.4 Å². The molecule has 7 rings (SSSR count). The van der Waals surface area contributed by atoms with Crippen LogP contribution in [-0.2, 0) is 17.8 Å². The predicted octanol–water partition coefficient (Wildman–Crippen LogP) is 6.22. The summed E-state index contributed by atoms with van der Waals surface area (Å²) in [4.78, 5) is 29.7. The molecular formula is C33H31ClF4N8O2. The Morgan fingerprint density at radius 1 is 1.19 bits per heavy atom. The Morgan fingerprint density at radius 2 is 1.96 bits per heavy atom. The number of nitrogens with zero attached hydrogens (tertiary/aromatic N) is 8. The van der Waals surface area contributed by atoms with Crippen LogP contribution in [0.4, 0.5) is 23.2 Å². The van der Waals surface area contributed by atoms with Crippen LogP contribution in [0.25, 0.3) is 22.2 Å². The molecule has 1 aromatic carbocycles. The lowest BCUT2D eigenvalue weighted by Crippen LogP contribution is -2.54. The number of carbonyl (C=O) groups is 1. The number of likely N-dealkylation sites (tertiary alicyclic amines) is 1. The number of halogens is 5. The van der Waals surface area contributed by atoms with Crippen molar-refractivity contribution in [3.05, 3.63) is 58.9 Å². The molecule has 0 bridgehead atoms. The summed E-state index contributed by atoms with van der Waals surface area (Å²) in [7, 11) is 0. The van der Waals surface area contributed by atoms with Gasteiger partial charge in [0.05, 0.1) is 40.8 Å². The summed E-state index contributed by atoms with van der Waals surface area (Å²) >= 11 is 5.92. The number of aryl methyl sites for hydroxylation is 1. The first-order valence-corrected chi connectivity index (χ1v) is 16.1. The minimum Gasteiger partial charge on any atom is -0.482 e. The summed E-state index contributed by atoms with van der Waals surface area (Å²) in [5.74, 6) is -2.07. The van der Waals surface area contributed by atoms with Gasteiger partial charge in [0, 0.05) is 61.7 Å². The van der Waals surface area contributed by atoms with Gasteiger partial charge in [0.15, 0.2) is 12.3 Å². The Labute approximate surface area is 278 Å². The van der Waals surface area contributed by atoms with E-state index in [1.54, 1.807) is 29.1 Å². The Kier molecular flexibility index (Phi) is 8.45. The first kappa shape index (κ1) is 32.2. The second-order valence-corrected chi connectivity index (χ2v) is 13.1. The molecule has 1 amide bonds. The average molecular weight is 683 g/mol. The average Bonchev–Trinajstić information content (AvgIpc) is 3.47. The van der Waals surface area contributed by atoms with Crippen molar-refractivity contribution in [2.45, 2.75) is 70.0 Å². The maximum atomic E-state index is 13.6. The van der Waals surface area contributed by atoms with Gasteiger partial charge in [0.1, 0.15) is 17.6 Å². The Bertz CT molecular complexity index is 1910. The fourth-order valence-corrected chi connectivity index (χ4v) is 7.14. The molecule has 3 aliphatic rings. The normalized spacial score (nSPS) is 21.2. The van der Waals surface area contributed by atoms with Gasteiger partial charge in [-0.25, -0.2) is 37.2 Å². The number of anilines is 1. The van der Waals surface area contributed by atoms with Crippen LogP contribution < -0.4 is 9.64 Å². The van der Waals surface area contributed by atoms with E-state index in [-0.39, 0.29) is 67.6 Å². The van der Waals surface area contributed by atoms with Crippen molar-refractivity contribution in [3.8, 4) is 22.9 Å². The molecule has 15 heteroatoms. The number of hydrogen-bond acceptors (Lipinski definition) is 8. The smallest absolute Gasteiger partial charge is 0.265 e. The lowest BCUT2D eigenvalue weighted by Gasteiger charge is -2.47. The monoisotopic (exact) mass is 682 g/mol. The number of benzene rings is 1. The fraction of sp³-hybridized carbons (Fsp3) is 0.455. The van der Waals surface area contributed by atoms with Crippen molar-refractivity contribution in [3.63, 3.8) is 0 Å². The number of amides is 1. The number of hydrogen-bond donors (Lipinski definition) is 0. The van der Waals surface area contributed by atoms with E-state index in [1.165, 1.54) is 17.3 Å². The number of alkyl halides is 4. The van der Waals surface area contributed by atoms with E-state index in [9.17, 15) is 27.6 Å². The highest BCUT2D eigenvalue weighted by Crippen LogP contribution is 2.44. The van der Waals surface area contributed by atoms with Gasteiger partial charge in [-0.2, -0.15) is 10.4 Å². The molecule has 250 valence electrons. The van der Waals surface area contributed by atoms with Crippen LogP contribution in [0.5, 0.6) is 5.75 Å². The summed E-state index contributed by atoms with van der Waals surface area (Å²) < 4.78 is 61.6. The van der Waals surface area contributed by atoms with Crippen LogP contribution in [0, 0.1) is 17.2 Å². The first-order chi connectivity index (χ1) is 23.0. The largest absolute Gasteiger partial charge is 0.482 e. The number of nitriles is 1. The molecule has 2 aliphatic heterocycles. The van der Waals surface area contributed by atoms with Crippen LogP contribution in [0.2, 0.25) is 5.02 Å². The zero-order valence-corrected chi connectivity index (χ0v) is 26.7. The molecule has 10 nitrogen and oxygen atoms in total. The van der Waals surface area contributed by atoms with E-state index in [0.717, 1.165) is 0 Å². The number of piperidine rings is 1. The molecule has 48 heavy (non-hydrogen) atoms. The van der Waals surface area contributed by atoms with Crippen molar-refractivity contribution in [2.75, 3.05) is 24.6 Å². The first-order valence-electron chi connectivity index (χ1n) is 15.8. The number of aromatic nitrogens is 5. The Balaban J connectivity index is 1.26. The molecular weight excluding hydrogens is 652 g/mol. The zero-order valence-electron chi connectivity index (χ0n) is 25.9. The quantitative estimate of drug-likeness (QED) is 0.202. The van der Waals surface area contributed by atoms with Crippen LogP contribution in [0.3, 0.4) is 0 Å². The molecule has 2 fully saturated rings.